The predicted octanol–water partition coefficient (Wildman–Crippen LogP) is -1.11. The summed E-state index contributed by atoms with van der Waals surface area (Å²) in [4.78, 5) is 13.3. The van der Waals surface area contributed by atoms with E-state index >= 15 is 0 Å². The van der Waals surface area contributed by atoms with Crippen molar-refractivity contribution in [1.82, 2.24) is 16.0 Å². The summed E-state index contributed by atoms with van der Waals surface area (Å²) in [5, 5.41) is 21.0. The third-order valence-electron chi connectivity index (χ3n) is 3.75. The van der Waals surface area contributed by atoms with Gasteiger partial charge < -0.3 is 21.1 Å². The molecule has 3 aliphatic rings. The van der Waals surface area contributed by atoms with Gasteiger partial charge in [0.2, 0.25) is 5.60 Å². The van der Waals surface area contributed by atoms with Gasteiger partial charge in [0.1, 0.15) is 17.5 Å². The Morgan fingerprint density at radius 3 is 1.30 bits per heavy atom. The summed E-state index contributed by atoms with van der Waals surface area (Å²) < 4.78 is 0. The average Bonchev–Trinajstić information content (AvgIpc) is 3.10. The Hall–Kier alpha value is -1.63. The fraction of sp³-hybridized carbons (Fsp3) is 0.769. The van der Waals surface area contributed by atoms with Gasteiger partial charge in [0.15, 0.2) is 0 Å². The Morgan fingerprint density at radius 1 is 0.800 bits per heavy atom. The molecule has 3 heterocycles. The molecule has 0 unspecified atom stereocenters. The van der Waals surface area contributed by atoms with Crippen LogP contribution in [0.4, 0.5) is 0 Å². The summed E-state index contributed by atoms with van der Waals surface area (Å²) in [6.45, 7) is 8.08. The molecule has 110 valence electrons. The molecule has 7 heteroatoms. The van der Waals surface area contributed by atoms with Crippen molar-refractivity contribution < 1.29 is 5.11 Å². The highest BCUT2D eigenvalue weighted by molar-refractivity contribution is 6.31. The second-order valence-corrected chi connectivity index (χ2v) is 5.91. The lowest BCUT2D eigenvalue weighted by atomic mass is 9.98. The molecule has 0 amide bonds. The number of nitrogens with one attached hydrogen (secondary N) is 3. The van der Waals surface area contributed by atoms with Gasteiger partial charge in [-0.1, -0.05) is 0 Å². The maximum absolute atomic E-state index is 11.3. The van der Waals surface area contributed by atoms with Crippen LogP contribution in [-0.4, -0.2) is 66.0 Å². The largest absolute Gasteiger partial charge is 0.369 e. The molecule has 0 bridgehead atoms. The first-order valence-corrected chi connectivity index (χ1v) is 7.17. The van der Waals surface area contributed by atoms with E-state index in [2.05, 4.69) is 30.9 Å². The summed E-state index contributed by atoms with van der Waals surface area (Å²) in [5.41, 5.74) is -1.40. The Labute approximate surface area is 118 Å². The van der Waals surface area contributed by atoms with Gasteiger partial charge in [-0.2, -0.15) is 0 Å². The van der Waals surface area contributed by atoms with Gasteiger partial charge in [0, 0.05) is 18.1 Å². The molecule has 4 N–H and O–H groups in total. The smallest absolute Gasteiger partial charge is 0.236 e. The number of nitrogens with zero attached hydrogens (tertiary/aromatic N) is 3. The van der Waals surface area contributed by atoms with Crippen molar-refractivity contribution in [3.63, 3.8) is 0 Å². The van der Waals surface area contributed by atoms with E-state index in [9.17, 15) is 5.11 Å². The van der Waals surface area contributed by atoms with E-state index in [4.69, 9.17) is 0 Å². The molecule has 0 aromatic heterocycles. The van der Waals surface area contributed by atoms with Crippen LogP contribution in [-0.2, 0) is 0 Å². The van der Waals surface area contributed by atoms with Crippen LogP contribution < -0.4 is 16.0 Å². The number of amidine groups is 3. The molecule has 3 rings (SSSR count). The van der Waals surface area contributed by atoms with E-state index in [-0.39, 0.29) is 18.1 Å². The minimum absolute atomic E-state index is 0.218. The van der Waals surface area contributed by atoms with Crippen LogP contribution in [0.5, 0.6) is 0 Å². The van der Waals surface area contributed by atoms with Gasteiger partial charge in [-0.05, 0) is 20.8 Å². The predicted molar refractivity (Wildman–Crippen MR) is 79.6 cm³/mol. The van der Waals surface area contributed by atoms with Crippen LogP contribution >= 0.6 is 0 Å². The number of aliphatic hydroxyl groups is 1. The Balaban J connectivity index is 1.95. The van der Waals surface area contributed by atoms with E-state index in [1.54, 1.807) is 0 Å². The molecule has 7 nitrogen and oxygen atoms in total. The molecule has 0 aromatic carbocycles. The minimum Gasteiger partial charge on any atom is -0.369 e. The summed E-state index contributed by atoms with van der Waals surface area (Å²) in [6, 6.07) is 0.654. The van der Waals surface area contributed by atoms with Crippen molar-refractivity contribution in [2.75, 3.05) is 19.6 Å². The summed E-state index contributed by atoms with van der Waals surface area (Å²) >= 11 is 0. The Bertz CT molecular complexity index is 428. The molecule has 0 aliphatic carbocycles. The molecule has 0 aromatic rings. The van der Waals surface area contributed by atoms with Gasteiger partial charge >= 0.3 is 0 Å². The zero-order valence-electron chi connectivity index (χ0n) is 12.1. The zero-order chi connectivity index (χ0) is 14.3. The highest BCUT2D eigenvalue weighted by Crippen LogP contribution is 2.19. The van der Waals surface area contributed by atoms with E-state index in [1.165, 1.54) is 0 Å². The number of hydrogen-bond acceptors (Lipinski definition) is 7. The highest BCUT2D eigenvalue weighted by Gasteiger charge is 2.49. The van der Waals surface area contributed by atoms with Gasteiger partial charge in [0.05, 0.1) is 19.6 Å². The highest BCUT2D eigenvalue weighted by atomic mass is 16.3. The maximum Gasteiger partial charge on any atom is 0.236 e. The number of rotatable bonds is 3. The van der Waals surface area contributed by atoms with Crippen molar-refractivity contribution in [2.24, 2.45) is 15.0 Å². The van der Waals surface area contributed by atoms with E-state index in [0.717, 1.165) is 0 Å². The molecule has 0 radical (unpaired) electrons. The van der Waals surface area contributed by atoms with Crippen LogP contribution in [0.3, 0.4) is 0 Å². The van der Waals surface area contributed by atoms with Crippen molar-refractivity contribution in [1.29, 1.82) is 0 Å². The standard InChI is InChI=1S/C13H22N6O/c1-7-4-14-10(17-7)13(20,11-15-5-8(2)18-11)12-16-6-9(3)19-12/h7-9,20H,4-6H2,1-3H3,(H,14,17)(H,15,18)(H,16,19)/t7-,8-,9-/m1/s1. The first-order chi connectivity index (χ1) is 9.50. The number of aliphatic imine (C=N–C) groups is 3. The van der Waals surface area contributed by atoms with E-state index in [0.29, 0.717) is 37.1 Å². The lowest BCUT2D eigenvalue weighted by molar-refractivity contribution is 0.240. The van der Waals surface area contributed by atoms with Gasteiger partial charge in [-0.25, -0.2) is 0 Å². The topological polar surface area (TPSA) is 93.4 Å². The first kappa shape index (κ1) is 13.4. The Kier molecular flexibility index (Phi) is 3.16. The number of hydrogen-bond donors (Lipinski definition) is 4. The minimum atomic E-state index is -1.40. The molecule has 20 heavy (non-hydrogen) atoms. The van der Waals surface area contributed by atoms with Crippen LogP contribution in [0.25, 0.3) is 0 Å². The SMILES string of the molecule is C[C@@H]1CN=C(C(O)(C2=NC[C@@H](C)N2)C2=NC[C@@H](C)N2)N1. The monoisotopic (exact) mass is 278 g/mol. The quantitative estimate of drug-likeness (QED) is 0.526. The lowest BCUT2D eigenvalue weighted by Gasteiger charge is -2.30. The van der Waals surface area contributed by atoms with E-state index < -0.39 is 5.60 Å². The first-order valence-electron chi connectivity index (χ1n) is 7.17. The van der Waals surface area contributed by atoms with Gasteiger partial charge in [0.25, 0.3) is 0 Å². The zero-order valence-corrected chi connectivity index (χ0v) is 12.1. The summed E-state index contributed by atoms with van der Waals surface area (Å²) in [5.74, 6) is 1.60. The normalized spacial score (nSPS) is 33.0. The molecule has 3 atom stereocenters. The van der Waals surface area contributed by atoms with Crippen LogP contribution in [0, 0.1) is 0 Å². The van der Waals surface area contributed by atoms with Gasteiger partial charge in [-0.3, -0.25) is 15.0 Å². The maximum atomic E-state index is 11.3. The fourth-order valence-corrected chi connectivity index (χ4v) is 2.65. The third-order valence-corrected chi connectivity index (χ3v) is 3.75. The second-order valence-electron chi connectivity index (χ2n) is 5.91. The average molecular weight is 278 g/mol. The van der Waals surface area contributed by atoms with E-state index in [1.807, 2.05) is 20.8 Å². The molecular weight excluding hydrogens is 256 g/mol. The molecule has 0 saturated carbocycles. The second kappa shape index (κ2) is 4.73. The van der Waals surface area contributed by atoms with Crippen molar-refractivity contribution >= 4 is 17.5 Å². The molecule has 0 spiro atoms. The van der Waals surface area contributed by atoms with Crippen LogP contribution in [0.15, 0.2) is 15.0 Å². The molecule has 0 saturated heterocycles. The summed E-state index contributed by atoms with van der Waals surface area (Å²) in [7, 11) is 0. The van der Waals surface area contributed by atoms with Crippen molar-refractivity contribution in [2.45, 2.75) is 44.5 Å². The van der Waals surface area contributed by atoms with Crippen LogP contribution in [0.2, 0.25) is 0 Å². The summed E-state index contributed by atoms with van der Waals surface area (Å²) in [6.07, 6.45) is 0. The van der Waals surface area contributed by atoms with Crippen molar-refractivity contribution in [3.8, 4) is 0 Å². The fourth-order valence-electron chi connectivity index (χ4n) is 2.65. The Morgan fingerprint density at radius 2 is 1.10 bits per heavy atom. The molecule has 3 aliphatic heterocycles. The molecular formula is C13H22N6O. The van der Waals surface area contributed by atoms with Crippen LogP contribution in [0.1, 0.15) is 20.8 Å². The molecule has 0 fully saturated rings. The van der Waals surface area contributed by atoms with Crippen molar-refractivity contribution in [3.05, 3.63) is 0 Å². The third kappa shape index (κ3) is 2.06. The van der Waals surface area contributed by atoms with Gasteiger partial charge in [-0.15, -0.1) is 0 Å². The lowest BCUT2D eigenvalue weighted by Crippen LogP contribution is -2.64.